The Morgan fingerprint density at radius 1 is 1.17 bits per heavy atom. The summed E-state index contributed by atoms with van der Waals surface area (Å²) in [5.74, 6) is -1.40. The zero-order valence-corrected chi connectivity index (χ0v) is 11.6. The van der Waals surface area contributed by atoms with Gasteiger partial charge in [0, 0.05) is 23.4 Å². The molecule has 118 valence electrons. The van der Waals surface area contributed by atoms with E-state index < -0.39 is 23.7 Å². The molecule has 3 rings (SSSR count). The maximum absolute atomic E-state index is 13.6. The zero-order chi connectivity index (χ0) is 16.4. The Morgan fingerprint density at radius 3 is 2.61 bits per heavy atom. The van der Waals surface area contributed by atoms with Crippen LogP contribution in [0.15, 0.2) is 51.8 Å². The topological polar surface area (TPSA) is 60.9 Å². The van der Waals surface area contributed by atoms with Gasteiger partial charge in [-0.1, -0.05) is 18.2 Å². The lowest BCUT2D eigenvalue weighted by Gasteiger charge is -2.07. The van der Waals surface area contributed by atoms with Crippen molar-refractivity contribution in [2.75, 3.05) is 0 Å². The zero-order valence-electron chi connectivity index (χ0n) is 11.6. The van der Waals surface area contributed by atoms with E-state index in [1.54, 1.807) is 18.2 Å². The second-order valence-electron chi connectivity index (χ2n) is 4.72. The number of rotatable bonds is 4. The average Bonchev–Trinajstić information content (AvgIpc) is 3.01. The van der Waals surface area contributed by atoms with Crippen LogP contribution in [0.3, 0.4) is 0 Å². The molecule has 8 heteroatoms. The first kappa shape index (κ1) is 15.0. The standard InChI is InChI=1S/C15H10F3N3O2/c16-11-4-2-1-3-10(11)8-21-6-5-9(7-12(21)22)14-19-20-15(23-14)13(17)18/h1-7,13H,8H2. The van der Waals surface area contributed by atoms with Crippen LogP contribution in [-0.4, -0.2) is 14.8 Å². The summed E-state index contributed by atoms with van der Waals surface area (Å²) >= 11 is 0. The van der Waals surface area contributed by atoms with Gasteiger partial charge in [-0.25, -0.2) is 4.39 Å². The fraction of sp³-hybridized carbons (Fsp3) is 0.133. The van der Waals surface area contributed by atoms with Crippen LogP contribution in [0.25, 0.3) is 11.5 Å². The Kier molecular flexibility index (Phi) is 3.96. The molecule has 2 heterocycles. The van der Waals surface area contributed by atoms with Gasteiger partial charge in [-0.15, -0.1) is 10.2 Å². The summed E-state index contributed by atoms with van der Waals surface area (Å²) in [7, 11) is 0. The number of hydrogen-bond donors (Lipinski definition) is 0. The molecule has 0 unspecified atom stereocenters. The third-order valence-electron chi connectivity index (χ3n) is 3.17. The molecule has 3 aromatic rings. The summed E-state index contributed by atoms with van der Waals surface area (Å²) in [5.41, 5.74) is 0.141. The van der Waals surface area contributed by atoms with Crippen LogP contribution >= 0.6 is 0 Å². The van der Waals surface area contributed by atoms with Crippen molar-refractivity contribution >= 4 is 0 Å². The minimum absolute atomic E-state index is 0.0535. The van der Waals surface area contributed by atoms with Gasteiger partial charge in [0.2, 0.25) is 5.89 Å². The van der Waals surface area contributed by atoms with Crippen LogP contribution in [0.4, 0.5) is 13.2 Å². The Labute approximate surface area is 128 Å². The van der Waals surface area contributed by atoms with Crippen LogP contribution in [0.1, 0.15) is 17.9 Å². The van der Waals surface area contributed by atoms with E-state index in [1.165, 1.54) is 29.0 Å². The van der Waals surface area contributed by atoms with Gasteiger partial charge in [0.25, 0.3) is 11.4 Å². The van der Waals surface area contributed by atoms with E-state index in [2.05, 4.69) is 10.2 Å². The van der Waals surface area contributed by atoms with Crippen molar-refractivity contribution in [3.63, 3.8) is 0 Å². The van der Waals surface area contributed by atoms with Crippen molar-refractivity contribution in [2.45, 2.75) is 13.0 Å². The molecule has 0 aliphatic carbocycles. The largest absolute Gasteiger partial charge is 0.415 e. The molecule has 0 atom stereocenters. The van der Waals surface area contributed by atoms with E-state index in [0.717, 1.165) is 0 Å². The van der Waals surface area contributed by atoms with Crippen LogP contribution in [0.5, 0.6) is 0 Å². The second-order valence-corrected chi connectivity index (χ2v) is 4.72. The number of nitrogens with zero attached hydrogens (tertiary/aromatic N) is 3. The number of alkyl halides is 2. The monoisotopic (exact) mass is 321 g/mol. The Bertz CT molecular complexity index is 889. The average molecular weight is 321 g/mol. The van der Waals surface area contributed by atoms with Gasteiger partial charge in [0.1, 0.15) is 5.82 Å². The van der Waals surface area contributed by atoms with Crippen molar-refractivity contribution in [2.24, 2.45) is 0 Å². The first-order valence-corrected chi connectivity index (χ1v) is 6.60. The maximum Gasteiger partial charge on any atom is 0.314 e. The van der Waals surface area contributed by atoms with Gasteiger partial charge in [-0.2, -0.15) is 8.78 Å². The molecule has 2 aromatic heterocycles. The van der Waals surface area contributed by atoms with Crippen molar-refractivity contribution in [3.05, 3.63) is 70.2 Å². The molecule has 1 aromatic carbocycles. The fourth-order valence-corrected chi connectivity index (χ4v) is 2.02. The predicted octanol–water partition coefficient (Wildman–Crippen LogP) is 3.02. The van der Waals surface area contributed by atoms with E-state index in [-0.39, 0.29) is 18.0 Å². The van der Waals surface area contributed by atoms with Gasteiger partial charge in [0.15, 0.2) is 0 Å². The summed E-state index contributed by atoms with van der Waals surface area (Å²) in [5, 5.41) is 6.67. The van der Waals surface area contributed by atoms with Crippen LogP contribution in [-0.2, 0) is 6.54 Å². The maximum atomic E-state index is 13.6. The number of pyridine rings is 1. The highest BCUT2D eigenvalue weighted by atomic mass is 19.3. The molecular weight excluding hydrogens is 311 g/mol. The lowest BCUT2D eigenvalue weighted by atomic mass is 10.2. The third-order valence-corrected chi connectivity index (χ3v) is 3.17. The minimum Gasteiger partial charge on any atom is -0.415 e. The quantitative estimate of drug-likeness (QED) is 0.741. The lowest BCUT2D eigenvalue weighted by Crippen LogP contribution is -2.19. The summed E-state index contributed by atoms with van der Waals surface area (Å²) in [6.07, 6.45) is -1.46. The van der Waals surface area contributed by atoms with E-state index in [0.29, 0.717) is 5.56 Å². The fourth-order valence-electron chi connectivity index (χ4n) is 2.02. The van der Waals surface area contributed by atoms with Gasteiger partial charge in [-0.3, -0.25) is 4.79 Å². The second kappa shape index (κ2) is 6.07. The summed E-state index contributed by atoms with van der Waals surface area (Å²) in [4.78, 5) is 12.1. The molecule has 0 bridgehead atoms. The summed E-state index contributed by atoms with van der Waals surface area (Å²) in [6, 6.07) is 8.74. The summed E-state index contributed by atoms with van der Waals surface area (Å²) in [6.45, 7) is 0.0535. The Balaban J connectivity index is 1.89. The van der Waals surface area contributed by atoms with Crippen molar-refractivity contribution < 1.29 is 17.6 Å². The highest BCUT2D eigenvalue weighted by Gasteiger charge is 2.17. The number of aromatic nitrogens is 3. The van der Waals surface area contributed by atoms with E-state index in [9.17, 15) is 18.0 Å². The van der Waals surface area contributed by atoms with Gasteiger partial charge in [0.05, 0.1) is 6.54 Å². The molecule has 0 amide bonds. The Morgan fingerprint density at radius 2 is 1.96 bits per heavy atom. The van der Waals surface area contributed by atoms with Gasteiger partial charge >= 0.3 is 6.43 Å². The molecule has 23 heavy (non-hydrogen) atoms. The first-order chi connectivity index (χ1) is 11.0. The van der Waals surface area contributed by atoms with Crippen molar-refractivity contribution in [3.8, 4) is 11.5 Å². The Hall–Kier alpha value is -2.90. The number of halogens is 3. The molecule has 0 aliphatic heterocycles. The molecule has 0 radical (unpaired) electrons. The molecular formula is C15H10F3N3O2. The molecule has 0 saturated carbocycles. The van der Waals surface area contributed by atoms with E-state index in [4.69, 9.17) is 4.42 Å². The van der Waals surface area contributed by atoms with E-state index >= 15 is 0 Å². The van der Waals surface area contributed by atoms with Crippen LogP contribution in [0.2, 0.25) is 0 Å². The molecule has 0 fully saturated rings. The van der Waals surface area contributed by atoms with Gasteiger partial charge < -0.3 is 8.98 Å². The number of benzene rings is 1. The molecule has 0 N–H and O–H groups in total. The molecule has 5 nitrogen and oxygen atoms in total. The predicted molar refractivity (Wildman–Crippen MR) is 74.5 cm³/mol. The van der Waals surface area contributed by atoms with Crippen molar-refractivity contribution in [1.82, 2.24) is 14.8 Å². The summed E-state index contributed by atoms with van der Waals surface area (Å²) < 4.78 is 44.5. The molecule has 0 aliphatic rings. The smallest absolute Gasteiger partial charge is 0.314 e. The minimum atomic E-state index is -2.88. The van der Waals surface area contributed by atoms with Crippen molar-refractivity contribution in [1.29, 1.82) is 0 Å². The first-order valence-electron chi connectivity index (χ1n) is 6.60. The normalized spacial score (nSPS) is 11.1. The van der Waals surface area contributed by atoms with Crippen LogP contribution in [0, 0.1) is 5.82 Å². The highest BCUT2D eigenvalue weighted by Crippen LogP contribution is 2.22. The third kappa shape index (κ3) is 3.15. The number of hydrogen-bond acceptors (Lipinski definition) is 4. The molecule has 0 spiro atoms. The van der Waals surface area contributed by atoms with Gasteiger partial charge in [-0.05, 0) is 12.1 Å². The SMILES string of the molecule is O=c1cc(-c2nnc(C(F)F)o2)ccn1Cc1ccccc1F. The highest BCUT2D eigenvalue weighted by molar-refractivity contribution is 5.51. The lowest BCUT2D eigenvalue weighted by molar-refractivity contribution is 0.116. The molecule has 0 saturated heterocycles. The van der Waals surface area contributed by atoms with E-state index in [1.807, 2.05) is 0 Å². The van der Waals surface area contributed by atoms with Crippen LogP contribution < -0.4 is 5.56 Å².